The molecule has 2 fully saturated rings. The molecule has 1 aromatic carbocycles. The van der Waals surface area contributed by atoms with Gasteiger partial charge in [0.1, 0.15) is 4.90 Å². The molecule has 1 aliphatic heterocycles. The lowest BCUT2D eigenvalue weighted by atomic mass is 9.86. The van der Waals surface area contributed by atoms with E-state index in [2.05, 4.69) is 12.2 Å². The molecule has 7 nitrogen and oxygen atoms in total. The lowest BCUT2D eigenvalue weighted by Crippen LogP contribution is -2.46. The van der Waals surface area contributed by atoms with Crippen LogP contribution in [0, 0.1) is 5.92 Å². The first-order valence-electron chi connectivity index (χ1n) is 10.5. The van der Waals surface area contributed by atoms with Gasteiger partial charge in [0.2, 0.25) is 10.0 Å². The fourth-order valence-electron chi connectivity index (χ4n) is 4.01. The number of nitrogens with one attached hydrogen (secondary N) is 1. The Bertz CT molecular complexity index is 899. The van der Waals surface area contributed by atoms with Gasteiger partial charge in [0.15, 0.2) is 6.10 Å². The minimum atomic E-state index is -3.78. The number of hydrogen-bond acceptors (Lipinski definition) is 5. The number of hydrogen-bond donors (Lipinski definition) is 1. The summed E-state index contributed by atoms with van der Waals surface area (Å²) in [5.41, 5.74) is 0.0443. The van der Waals surface area contributed by atoms with Crippen molar-refractivity contribution in [1.29, 1.82) is 0 Å². The average Bonchev–Trinajstić information content (AvgIpc) is 3.25. The second-order valence-electron chi connectivity index (χ2n) is 8.18. The van der Waals surface area contributed by atoms with Gasteiger partial charge >= 0.3 is 5.97 Å². The number of carbonyl (C=O) groups excluding carboxylic acids is 2. The van der Waals surface area contributed by atoms with Crippen LogP contribution in [0.15, 0.2) is 23.1 Å². The summed E-state index contributed by atoms with van der Waals surface area (Å²) in [6, 6.07) is 4.09. The van der Waals surface area contributed by atoms with Crippen molar-refractivity contribution in [3.63, 3.8) is 0 Å². The van der Waals surface area contributed by atoms with Gasteiger partial charge in [-0.05, 0) is 56.7 Å². The second kappa shape index (κ2) is 9.66. The van der Waals surface area contributed by atoms with Crippen molar-refractivity contribution in [3.05, 3.63) is 28.8 Å². The summed E-state index contributed by atoms with van der Waals surface area (Å²) in [5.74, 6) is -0.718. The molecule has 0 radical (unpaired) electrons. The van der Waals surface area contributed by atoms with E-state index in [1.54, 1.807) is 0 Å². The molecule has 3 atom stereocenters. The SMILES string of the molecule is CC(OC(=O)c1ccc(Cl)c(S(=O)(=O)N2CCCC2)c1)C(=O)NC1CCCCC1C. The van der Waals surface area contributed by atoms with Gasteiger partial charge in [-0.25, -0.2) is 13.2 Å². The lowest BCUT2D eigenvalue weighted by molar-refractivity contribution is -0.130. The van der Waals surface area contributed by atoms with Crippen molar-refractivity contribution in [2.24, 2.45) is 5.92 Å². The summed E-state index contributed by atoms with van der Waals surface area (Å²) in [7, 11) is -3.78. The van der Waals surface area contributed by atoms with Crippen LogP contribution in [0.3, 0.4) is 0 Å². The third-order valence-electron chi connectivity index (χ3n) is 5.94. The Morgan fingerprint density at radius 1 is 1.17 bits per heavy atom. The zero-order chi connectivity index (χ0) is 21.9. The van der Waals surface area contributed by atoms with E-state index in [1.165, 1.54) is 29.4 Å². The Morgan fingerprint density at radius 2 is 1.83 bits per heavy atom. The summed E-state index contributed by atoms with van der Waals surface area (Å²) in [4.78, 5) is 24.9. The highest BCUT2D eigenvalue weighted by molar-refractivity contribution is 7.89. The van der Waals surface area contributed by atoms with E-state index in [9.17, 15) is 18.0 Å². The summed E-state index contributed by atoms with van der Waals surface area (Å²) >= 11 is 6.12. The van der Waals surface area contributed by atoms with Gasteiger partial charge in [0, 0.05) is 19.1 Å². The highest BCUT2D eigenvalue weighted by Crippen LogP contribution is 2.28. The number of rotatable bonds is 6. The van der Waals surface area contributed by atoms with Gasteiger partial charge < -0.3 is 10.1 Å². The van der Waals surface area contributed by atoms with Gasteiger partial charge in [-0.1, -0.05) is 31.4 Å². The van der Waals surface area contributed by atoms with E-state index in [0.717, 1.165) is 38.5 Å². The van der Waals surface area contributed by atoms with Gasteiger partial charge in [0.25, 0.3) is 5.91 Å². The molecule has 1 amide bonds. The highest BCUT2D eigenvalue weighted by atomic mass is 35.5. The fourth-order valence-corrected chi connectivity index (χ4v) is 6.03. The molecule has 2 aliphatic rings. The van der Waals surface area contributed by atoms with Gasteiger partial charge in [-0.2, -0.15) is 4.31 Å². The number of benzene rings is 1. The van der Waals surface area contributed by atoms with E-state index in [-0.39, 0.29) is 27.4 Å². The largest absolute Gasteiger partial charge is 0.449 e. The first-order chi connectivity index (χ1) is 14.2. The molecule has 166 valence electrons. The maximum atomic E-state index is 12.8. The second-order valence-corrected chi connectivity index (χ2v) is 10.5. The van der Waals surface area contributed by atoms with Crippen LogP contribution in [0.4, 0.5) is 0 Å². The van der Waals surface area contributed by atoms with Gasteiger partial charge in [0.05, 0.1) is 10.6 Å². The van der Waals surface area contributed by atoms with Crippen molar-refractivity contribution in [2.75, 3.05) is 13.1 Å². The molecule has 9 heteroatoms. The molecule has 1 N–H and O–H groups in total. The maximum Gasteiger partial charge on any atom is 0.338 e. The molecular formula is C21H29ClN2O5S. The molecule has 0 spiro atoms. The molecule has 30 heavy (non-hydrogen) atoms. The summed E-state index contributed by atoms with van der Waals surface area (Å²) < 4.78 is 32.3. The third-order valence-corrected chi connectivity index (χ3v) is 8.32. The van der Waals surface area contributed by atoms with Crippen molar-refractivity contribution in [1.82, 2.24) is 9.62 Å². The minimum absolute atomic E-state index is 0.0443. The Labute approximate surface area is 183 Å². The molecule has 3 rings (SSSR count). The fraction of sp³-hybridized carbons (Fsp3) is 0.619. The molecule has 3 unspecified atom stereocenters. The van der Waals surface area contributed by atoms with E-state index in [0.29, 0.717) is 19.0 Å². The zero-order valence-electron chi connectivity index (χ0n) is 17.4. The number of halogens is 1. The number of sulfonamides is 1. The molecule has 1 heterocycles. The van der Waals surface area contributed by atoms with E-state index < -0.39 is 22.1 Å². The normalized spacial score (nSPS) is 23.7. The van der Waals surface area contributed by atoms with Gasteiger partial charge in [-0.3, -0.25) is 4.79 Å². The van der Waals surface area contributed by atoms with Crippen LogP contribution in [0.2, 0.25) is 5.02 Å². The van der Waals surface area contributed by atoms with Crippen LogP contribution in [0.5, 0.6) is 0 Å². The van der Waals surface area contributed by atoms with Crippen molar-refractivity contribution < 1.29 is 22.7 Å². The Morgan fingerprint density at radius 3 is 2.50 bits per heavy atom. The molecule has 1 aliphatic carbocycles. The minimum Gasteiger partial charge on any atom is -0.449 e. The number of amides is 1. The smallest absolute Gasteiger partial charge is 0.338 e. The average molecular weight is 457 g/mol. The third kappa shape index (κ3) is 5.15. The molecule has 0 bridgehead atoms. The summed E-state index contributed by atoms with van der Waals surface area (Å²) in [5, 5.41) is 3.02. The lowest BCUT2D eigenvalue weighted by Gasteiger charge is -2.30. The number of ether oxygens (including phenoxy) is 1. The standard InChI is InChI=1S/C21H29ClN2O5S/c1-14-7-3-4-8-18(14)23-20(25)15(2)29-21(26)16-9-10-17(22)19(13-16)30(27,28)24-11-5-6-12-24/h9-10,13-15,18H,3-8,11-12H2,1-2H3,(H,23,25). The van der Waals surface area contributed by atoms with Crippen LogP contribution >= 0.6 is 11.6 Å². The quantitative estimate of drug-likeness (QED) is 0.662. The highest BCUT2D eigenvalue weighted by Gasteiger charge is 2.31. The predicted octanol–water partition coefficient (Wildman–Crippen LogP) is 3.36. The van der Waals surface area contributed by atoms with E-state index in [1.807, 2.05) is 0 Å². The topological polar surface area (TPSA) is 92.8 Å². The number of esters is 1. The van der Waals surface area contributed by atoms with Crippen LogP contribution in [-0.4, -0.2) is 49.8 Å². The Hall–Kier alpha value is -1.64. The monoisotopic (exact) mass is 456 g/mol. The summed E-state index contributed by atoms with van der Waals surface area (Å²) in [6.45, 7) is 4.49. The van der Waals surface area contributed by atoms with Crippen LogP contribution in [-0.2, 0) is 19.6 Å². The molecule has 0 aromatic heterocycles. The van der Waals surface area contributed by atoms with Crippen LogP contribution in [0.1, 0.15) is 62.7 Å². The van der Waals surface area contributed by atoms with Crippen LogP contribution < -0.4 is 5.32 Å². The maximum absolute atomic E-state index is 12.8. The zero-order valence-corrected chi connectivity index (χ0v) is 19.0. The molecular weight excluding hydrogens is 428 g/mol. The Kier molecular flexibility index (Phi) is 7.42. The van der Waals surface area contributed by atoms with Crippen molar-refractivity contribution in [2.45, 2.75) is 69.4 Å². The molecule has 1 saturated heterocycles. The molecule has 1 saturated carbocycles. The molecule has 1 aromatic rings. The Balaban J connectivity index is 1.68. The van der Waals surface area contributed by atoms with E-state index in [4.69, 9.17) is 16.3 Å². The van der Waals surface area contributed by atoms with E-state index >= 15 is 0 Å². The predicted molar refractivity (Wildman–Crippen MR) is 114 cm³/mol. The van der Waals surface area contributed by atoms with Crippen LogP contribution in [0.25, 0.3) is 0 Å². The van der Waals surface area contributed by atoms with Gasteiger partial charge in [-0.15, -0.1) is 0 Å². The van der Waals surface area contributed by atoms with Crippen molar-refractivity contribution >= 4 is 33.5 Å². The first-order valence-corrected chi connectivity index (χ1v) is 12.3. The van der Waals surface area contributed by atoms with Crippen molar-refractivity contribution in [3.8, 4) is 0 Å². The number of carbonyl (C=O) groups is 2. The number of nitrogens with zero attached hydrogens (tertiary/aromatic N) is 1. The summed E-state index contributed by atoms with van der Waals surface area (Å²) in [6.07, 6.45) is 4.83. The first kappa shape index (κ1) is 23.0.